The molecule has 2 aromatic rings. The maximum atomic E-state index is 12.8. The van der Waals surface area contributed by atoms with Crippen LogP contribution in [0.25, 0.3) is 0 Å². The molecule has 1 fully saturated rings. The Hall–Kier alpha value is -2.47. The van der Waals surface area contributed by atoms with Gasteiger partial charge in [0.2, 0.25) is 10.0 Å². The van der Waals surface area contributed by atoms with Gasteiger partial charge in [0.15, 0.2) is 0 Å². The summed E-state index contributed by atoms with van der Waals surface area (Å²) in [7, 11) is -2.18. The summed E-state index contributed by atoms with van der Waals surface area (Å²) < 4.78 is 68.6. The van der Waals surface area contributed by atoms with Gasteiger partial charge in [-0.3, -0.25) is 10.1 Å². The fraction of sp³-hybridized carbons (Fsp3) is 0.471. The van der Waals surface area contributed by atoms with Gasteiger partial charge in [-0.1, -0.05) is 24.4 Å². The standard InChI is InChI=1S/C17H19F3N4O4S/c1-24(12-5-3-2-4-6-12)29(26,27)13-9-7-11(8-10-13)14(25)21-16-23-22-15(28-16)17(18,19)20/h7-10,12H,2-6H2,1H3,(H,21,23,25). The lowest BCUT2D eigenvalue weighted by Gasteiger charge is -2.30. The van der Waals surface area contributed by atoms with Gasteiger partial charge in [-0.15, -0.1) is 5.10 Å². The van der Waals surface area contributed by atoms with E-state index in [1.165, 1.54) is 28.6 Å². The van der Waals surface area contributed by atoms with Crippen molar-refractivity contribution in [2.45, 2.75) is 49.2 Å². The second kappa shape index (κ2) is 8.11. The molecule has 1 amide bonds. The van der Waals surface area contributed by atoms with Crippen LogP contribution in [-0.4, -0.2) is 41.9 Å². The summed E-state index contributed by atoms with van der Waals surface area (Å²) in [5.41, 5.74) is 0.0241. The van der Waals surface area contributed by atoms with Gasteiger partial charge in [-0.25, -0.2) is 8.42 Å². The zero-order valence-corrected chi connectivity index (χ0v) is 16.3. The van der Waals surface area contributed by atoms with Crippen LogP contribution in [0.2, 0.25) is 0 Å². The van der Waals surface area contributed by atoms with Crippen LogP contribution in [0.4, 0.5) is 19.2 Å². The summed E-state index contributed by atoms with van der Waals surface area (Å²) in [4.78, 5) is 12.2. The lowest BCUT2D eigenvalue weighted by atomic mass is 9.96. The predicted octanol–water partition coefficient (Wildman–Crippen LogP) is 3.29. The Labute approximate surface area is 165 Å². The van der Waals surface area contributed by atoms with E-state index in [0.717, 1.165) is 32.1 Å². The fourth-order valence-electron chi connectivity index (χ4n) is 3.14. The number of alkyl halides is 3. The lowest BCUT2D eigenvalue weighted by Crippen LogP contribution is -2.38. The van der Waals surface area contributed by atoms with E-state index in [0.29, 0.717) is 0 Å². The summed E-state index contributed by atoms with van der Waals surface area (Å²) in [5.74, 6) is -2.40. The van der Waals surface area contributed by atoms with Gasteiger partial charge in [0.25, 0.3) is 5.91 Å². The van der Waals surface area contributed by atoms with Crippen LogP contribution in [-0.2, 0) is 16.2 Å². The van der Waals surface area contributed by atoms with E-state index < -0.39 is 34.0 Å². The molecule has 1 saturated carbocycles. The number of halogens is 3. The van der Waals surface area contributed by atoms with Crippen LogP contribution < -0.4 is 5.32 Å². The molecular weight excluding hydrogens is 413 g/mol. The SMILES string of the molecule is CN(C1CCCCC1)S(=O)(=O)c1ccc(C(=O)Nc2nnc(C(F)(F)F)o2)cc1. The highest BCUT2D eigenvalue weighted by molar-refractivity contribution is 7.89. The molecule has 1 aliphatic rings. The van der Waals surface area contributed by atoms with Crippen LogP contribution in [0.1, 0.15) is 48.4 Å². The van der Waals surface area contributed by atoms with Gasteiger partial charge in [0.1, 0.15) is 0 Å². The highest BCUT2D eigenvalue weighted by Crippen LogP contribution is 2.29. The minimum Gasteiger partial charge on any atom is -0.399 e. The fourth-order valence-corrected chi connectivity index (χ4v) is 4.56. The van der Waals surface area contributed by atoms with Gasteiger partial charge in [-0.2, -0.15) is 17.5 Å². The third kappa shape index (κ3) is 4.75. The Bertz CT molecular complexity index is 967. The van der Waals surface area contributed by atoms with E-state index in [4.69, 9.17) is 0 Å². The topological polar surface area (TPSA) is 105 Å². The molecule has 1 aromatic carbocycles. The number of carbonyl (C=O) groups excluding carboxylic acids is 1. The Morgan fingerprint density at radius 3 is 2.31 bits per heavy atom. The molecule has 0 saturated heterocycles. The van der Waals surface area contributed by atoms with Crippen molar-refractivity contribution in [2.24, 2.45) is 0 Å². The minimum absolute atomic E-state index is 0.0241. The monoisotopic (exact) mass is 432 g/mol. The molecule has 1 aliphatic carbocycles. The molecular formula is C17H19F3N4O4S. The first kappa shape index (κ1) is 21.2. The lowest BCUT2D eigenvalue weighted by molar-refractivity contribution is -0.156. The average molecular weight is 432 g/mol. The Balaban J connectivity index is 1.70. The number of nitrogens with one attached hydrogen (secondary N) is 1. The zero-order chi connectivity index (χ0) is 21.2. The molecule has 0 atom stereocenters. The number of aromatic nitrogens is 2. The molecule has 158 valence electrons. The average Bonchev–Trinajstić information content (AvgIpc) is 3.17. The molecule has 1 heterocycles. The van der Waals surface area contributed by atoms with Crippen LogP contribution in [0.15, 0.2) is 33.6 Å². The van der Waals surface area contributed by atoms with Crippen molar-refractivity contribution in [3.63, 3.8) is 0 Å². The van der Waals surface area contributed by atoms with Crippen molar-refractivity contribution in [1.82, 2.24) is 14.5 Å². The number of rotatable bonds is 5. The Morgan fingerprint density at radius 1 is 1.14 bits per heavy atom. The molecule has 29 heavy (non-hydrogen) atoms. The molecule has 3 rings (SSSR count). The van der Waals surface area contributed by atoms with Crippen LogP contribution in [0, 0.1) is 0 Å². The first-order chi connectivity index (χ1) is 13.6. The number of hydrogen-bond donors (Lipinski definition) is 1. The van der Waals surface area contributed by atoms with E-state index in [9.17, 15) is 26.4 Å². The molecule has 0 bridgehead atoms. The summed E-state index contributed by atoms with van der Waals surface area (Å²) in [6.45, 7) is 0. The van der Waals surface area contributed by atoms with Gasteiger partial charge in [0, 0.05) is 18.7 Å². The molecule has 12 heteroatoms. The van der Waals surface area contributed by atoms with Crippen molar-refractivity contribution < 1.29 is 30.8 Å². The van der Waals surface area contributed by atoms with Gasteiger partial charge >= 0.3 is 18.1 Å². The third-order valence-corrected chi connectivity index (χ3v) is 6.69. The number of sulfonamides is 1. The molecule has 0 spiro atoms. The number of amides is 1. The van der Waals surface area contributed by atoms with E-state index in [1.807, 2.05) is 5.32 Å². The van der Waals surface area contributed by atoms with E-state index >= 15 is 0 Å². The van der Waals surface area contributed by atoms with Gasteiger partial charge < -0.3 is 4.42 Å². The summed E-state index contributed by atoms with van der Waals surface area (Å²) in [5, 5.41) is 7.96. The Morgan fingerprint density at radius 2 is 1.76 bits per heavy atom. The van der Waals surface area contributed by atoms with Crippen molar-refractivity contribution in [2.75, 3.05) is 12.4 Å². The van der Waals surface area contributed by atoms with Crippen molar-refractivity contribution >= 4 is 21.9 Å². The molecule has 8 nitrogen and oxygen atoms in total. The third-order valence-electron chi connectivity index (χ3n) is 4.77. The molecule has 0 unspecified atom stereocenters. The largest absolute Gasteiger partial charge is 0.470 e. The second-order valence-corrected chi connectivity index (χ2v) is 8.70. The second-order valence-electron chi connectivity index (χ2n) is 6.70. The Kier molecular flexibility index (Phi) is 5.94. The minimum atomic E-state index is -4.82. The van der Waals surface area contributed by atoms with E-state index in [-0.39, 0.29) is 16.5 Å². The highest BCUT2D eigenvalue weighted by Gasteiger charge is 2.38. The molecule has 1 N–H and O–H groups in total. The van der Waals surface area contributed by atoms with Crippen LogP contribution >= 0.6 is 0 Å². The summed E-state index contributed by atoms with van der Waals surface area (Å²) in [6, 6.07) is 4.31. The number of nitrogens with zero attached hydrogens (tertiary/aromatic N) is 3. The number of carbonyl (C=O) groups is 1. The highest BCUT2D eigenvalue weighted by atomic mass is 32.2. The molecule has 0 radical (unpaired) electrons. The summed E-state index contributed by atoms with van der Waals surface area (Å²) >= 11 is 0. The number of hydrogen-bond acceptors (Lipinski definition) is 6. The maximum absolute atomic E-state index is 12.8. The first-order valence-electron chi connectivity index (χ1n) is 8.89. The van der Waals surface area contributed by atoms with Crippen molar-refractivity contribution in [3.8, 4) is 0 Å². The van der Waals surface area contributed by atoms with Gasteiger partial charge in [0.05, 0.1) is 4.90 Å². The molecule has 0 aliphatic heterocycles. The van der Waals surface area contributed by atoms with E-state index in [1.54, 1.807) is 7.05 Å². The van der Waals surface area contributed by atoms with Gasteiger partial charge in [-0.05, 0) is 37.1 Å². The van der Waals surface area contributed by atoms with Crippen molar-refractivity contribution in [1.29, 1.82) is 0 Å². The van der Waals surface area contributed by atoms with Crippen LogP contribution in [0.5, 0.6) is 0 Å². The number of anilines is 1. The summed E-state index contributed by atoms with van der Waals surface area (Å²) in [6.07, 6.45) is -0.152. The molecule has 1 aromatic heterocycles. The first-order valence-corrected chi connectivity index (χ1v) is 10.3. The predicted molar refractivity (Wildman–Crippen MR) is 95.5 cm³/mol. The van der Waals surface area contributed by atoms with Crippen LogP contribution in [0.3, 0.4) is 0 Å². The zero-order valence-electron chi connectivity index (χ0n) is 15.4. The van der Waals surface area contributed by atoms with E-state index in [2.05, 4.69) is 14.6 Å². The van der Waals surface area contributed by atoms with Crippen molar-refractivity contribution in [3.05, 3.63) is 35.7 Å². The maximum Gasteiger partial charge on any atom is 0.470 e. The smallest absolute Gasteiger partial charge is 0.399 e. The normalized spacial score (nSPS) is 16.2. The number of benzene rings is 1. The quantitative estimate of drug-likeness (QED) is 0.777.